The number of pyridine rings is 1. The van der Waals surface area contributed by atoms with Gasteiger partial charge in [0.2, 0.25) is 0 Å². The van der Waals surface area contributed by atoms with Gasteiger partial charge >= 0.3 is 0 Å². The topological polar surface area (TPSA) is 60.6 Å². The molecule has 0 aliphatic heterocycles. The van der Waals surface area contributed by atoms with Crippen LogP contribution in [0.1, 0.15) is 12.8 Å². The van der Waals surface area contributed by atoms with Crippen LogP contribution in [0.2, 0.25) is 0 Å². The highest BCUT2D eigenvalue weighted by atomic mass is 15.1. The Bertz CT molecular complexity index is 670. The van der Waals surface area contributed by atoms with E-state index < -0.39 is 0 Å². The number of nitrogens with one attached hydrogen (secondary N) is 1. The predicted octanol–water partition coefficient (Wildman–Crippen LogP) is 2.06. The summed E-state index contributed by atoms with van der Waals surface area (Å²) in [6, 6.07) is 1.98. The molecule has 0 aliphatic rings. The molecule has 0 amide bonds. The molecule has 3 aromatic rings. The zero-order valence-electron chi connectivity index (χ0n) is 11.5. The lowest BCUT2D eigenvalue weighted by atomic mass is 10.3. The minimum atomic E-state index is 0.866. The van der Waals surface area contributed by atoms with Crippen LogP contribution in [0.4, 0.5) is 5.82 Å². The molecule has 3 heterocycles. The monoisotopic (exact) mass is 270 g/mol. The molecule has 6 heteroatoms. The molecule has 0 bridgehead atoms. The van der Waals surface area contributed by atoms with Crippen LogP contribution in [0.25, 0.3) is 11.0 Å². The molecule has 104 valence electrons. The highest BCUT2D eigenvalue weighted by Crippen LogP contribution is 2.18. The fraction of sp³-hybridized carbons (Fsp3) is 0.357. The summed E-state index contributed by atoms with van der Waals surface area (Å²) in [5.74, 6) is 0.866. The third kappa shape index (κ3) is 2.64. The summed E-state index contributed by atoms with van der Waals surface area (Å²) < 4.78 is 4.10. The normalized spacial score (nSPS) is 11.1. The first-order valence-electron chi connectivity index (χ1n) is 6.80. The Hall–Kier alpha value is -2.37. The Morgan fingerprint density at radius 1 is 1.15 bits per heavy atom. The minimum absolute atomic E-state index is 0.866. The Balaban J connectivity index is 1.52. The largest absolute Gasteiger partial charge is 0.368 e. The Labute approximate surface area is 117 Å². The third-order valence-corrected chi connectivity index (χ3v) is 3.34. The van der Waals surface area contributed by atoms with Gasteiger partial charge in [-0.3, -0.25) is 0 Å². The first-order chi connectivity index (χ1) is 9.84. The number of imidazole rings is 2. The van der Waals surface area contributed by atoms with Crippen LogP contribution in [0.5, 0.6) is 0 Å². The number of hydrogen-bond acceptors (Lipinski definition) is 4. The molecular formula is C14H18N6. The zero-order chi connectivity index (χ0) is 13.8. The number of aryl methyl sites for hydroxylation is 2. The second kappa shape index (κ2) is 5.73. The quantitative estimate of drug-likeness (QED) is 0.696. The molecule has 0 aromatic carbocycles. The van der Waals surface area contributed by atoms with Gasteiger partial charge in [-0.05, 0) is 18.9 Å². The van der Waals surface area contributed by atoms with Gasteiger partial charge in [0, 0.05) is 38.7 Å². The van der Waals surface area contributed by atoms with Crippen LogP contribution < -0.4 is 5.32 Å². The fourth-order valence-electron chi connectivity index (χ4n) is 2.24. The van der Waals surface area contributed by atoms with Crippen LogP contribution in [0, 0.1) is 0 Å². The van der Waals surface area contributed by atoms with Crippen molar-refractivity contribution in [3.05, 3.63) is 37.3 Å². The van der Waals surface area contributed by atoms with Crippen molar-refractivity contribution >= 4 is 16.9 Å². The van der Waals surface area contributed by atoms with E-state index in [4.69, 9.17) is 0 Å². The molecule has 3 aromatic heterocycles. The maximum atomic E-state index is 4.38. The van der Waals surface area contributed by atoms with Crippen LogP contribution in [0.15, 0.2) is 37.3 Å². The molecule has 0 unspecified atom stereocenters. The first-order valence-corrected chi connectivity index (χ1v) is 6.80. The van der Waals surface area contributed by atoms with E-state index in [1.807, 2.05) is 48.9 Å². The molecule has 0 spiro atoms. The van der Waals surface area contributed by atoms with Crippen molar-refractivity contribution in [1.82, 2.24) is 24.1 Å². The fourth-order valence-corrected chi connectivity index (χ4v) is 2.24. The maximum Gasteiger partial charge on any atom is 0.154 e. The summed E-state index contributed by atoms with van der Waals surface area (Å²) in [5, 5.41) is 3.37. The molecule has 3 rings (SSSR count). The average molecular weight is 270 g/mol. The van der Waals surface area contributed by atoms with Crippen molar-refractivity contribution in [2.75, 3.05) is 11.9 Å². The van der Waals surface area contributed by atoms with Crippen molar-refractivity contribution in [2.24, 2.45) is 7.05 Å². The molecular weight excluding hydrogens is 252 g/mol. The maximum absolute atomic E-state index is 4.38. The molecule has 0 saturated heterocycles. The van der Waals surface area contributed by atoms with E-state index in [1.54, 1.807) is 0 Å². The highest BCUT2D eigenvalue weighted by Gasteiger charge is 2.05. The van der Waals surface area contributed by atoms with E-state index in [2.05, 4.69) is 24.8 Å². The molecule has 0 fully saturated rings. The third-order valence-electron chi connectivity index (χ3n) is 3.34. The molecule has 0 radical (unpaired) electrons. The molecule has 0 aliphatic carbocycles. The number of aromatic nitrogens is 5. The smallest absolute Gasteiger partial charge is 0.154 e. The lowest BCUT2D eigenvalue weighted by Gasteiger charge is -2.06. The van der Waals surface area contributed by atoms with E-state index >= 15 is 0 Å². The second-order valence-corrected chi connectivity index (χ2v) is 4.82. The predicted molar refractivity (Wildman–Crippen MR) is 78.5 cm³/mol. The van der Waals surface area contributed by atoms with Crippen molar-refractivity contribution in [3.63, 3.8) is 0 Å². The highest BCUT2D eigenvalue weighted by molar-refractivity contribution is 5.85. The van der Waals surface area contributed by atoms with Crippen molar-refractivity contribution in [2.45, 2.75) is 19.4 Å². The molecule has 0 saturated carbocycles. The van der Waals surface area contributed by atoms with Gasteiger partial charge < -0.3 is 14.5 Å². The Morgan fingerprint density at radius 3 is 2.95 bits per heavy atom. The standard InChI is InChI=1S/C14H18N6/c1-19-11-18-13-12(19)4-6-17-14(13)16-5-2-3-8-20-9-7-15-10-20/h4,6-7,9-11H,2-3,5,8H2,1H3,(H,16,17). The van der Waals surface area contributed by atoms with Gasteiger partial charge in [0.05, 0.1) is 18.2 Å². The number of rotatable bonds is 6. The Morgan fingerprint density at radius 2 is 2.10 bits per heavy atom. The number of hydrogen-bond donors (Lipinski definition) is 1. The van der Waals surface area contributed by atoms with Gasteiger partial charge in [-0.25, -0.2) is 15.0 Å². The Kier molecular flexibility index (Phi) is 3.62. The number of unbranched alkanes of at least 4 members (excludes halogenated alkanes) is 1. The molecule has 6 nitrogen and oxygen atoms in total. The lowest BCUT2D eigenvalue weighted by Crippen LogP contribution is -2.05. The van der Waals surface area contributed by atoms with E-state index in [1.165, 1.54) is 0 Å². The summed E-state index contributed by atoms with van der Waals surface area (Å²) in [5.41, 5.74) is 2.03. The summed E-state index contributed by atoms with van der Waals surface area (Å²) in [7, 11) is 1.99. The summed E-state index contributed by atoms with van der Waals surface area (Å²) in [4.78, 5) is 12.8. The summed E-state index contributed by atoms with van der Waals surface area (Å²) in [6.07, 6.45) is 11.5. The first kappa shape index (κ1) is 12.7. The number of fused-ring (bicyclic) bond motifs is 1. The summed E-state index contributed by atoms with van der Waals surface area (Å²) in [6.45, 7) is 1.90. The van der Waals surface area contributed by atoms with Crippen LogP contribution in [-0.4, -0.2) is 30.6 Å². The van der Waals surface area contributed by atoms with Gasteiger partial charge in [-0.15, -0.1) is 0 Å². The van der Waals surface area contributed by atoms with Gasteiger partial charge in [0.15, 0.2) is 5.82 Å². The van der Waals surface area contributed by atoms with Crippen LogP contribution in [-0.2, 0) is 13.6 Å². The SMILES string of the molecule is Cn1cnc2c(NCCCCn3ccnc3)nccc21. The minimum Gasteiger partial charge on any atom is -0.368 e. The van der Waals surface area contributed by atoms with E-state index in [0.29, 0.717) is 0 Å². The zero-order valence-corrected chi connectivity index (χ0v) is 11.5. The van der Waals surface area contributed by atoms with Crippen LogP contribution >= 0.6 is 0 Å². The second-order valence-electron chi connectivity index (χ2n) is 4.82. The van der Waals surface area contributed by atoms with Gasteiger partial charge in [-0.2, -0.15) is 0 Å². The van der Waals surface area contributed by atoms with E-state index in [0.717, 1.165) is 42.8 Å². The van der Waals surface area contributed by atoms with Gasteiger partial charge in [-0.1, -0.05) is 0 Å². The molecule has 1 N–H and O–H groups in total. The summed E-state index contributed by atoms with van der Waals surface area (Å²) >= 11 is 0. The van der Waals surface area contributed by atoms with E-state index in [-0.39, 0.29) is 0 Å². The van der Waals surface area contributed by atoms with Crippen LogP contribution in [0.3, 0.4) is 0 Å². The molecule has 20 heavy (non-hydrogen) atoms. The van der Waals surface area contributed by atoms with Crippen molar-refractivity contribution in [1.29, 1.82) is 0 Å². The van der Waals surface area contributed by atoms with E-state index in [9.17, 15) is 0 Å². The number of anilines is 1. The van der Waals surface area contributed by atoms with Gasteiger partial charge in [0.1, 0.15) is 5.52 Å². The number of nitrogens with zero attached hydrogens (tertiary/aromatic N) is 5. The van der Waals surface area contributed by atoms with Crippen molar-refractivity contribution < 1.29 is 0 Å². The van der Waals surface area contributed by atoms with Crippen molar-refractivity contribution in [3.8, 4) is 0 Å². The van der Waals surface area contributed by atoms with Gasteiger partial charge in [0.25, 0.3) is 0 Å². The lowest BCUT2D eigenvalue weighted by molar-refractivity contribution is 0.621. The molecule has 0 atom stereocenters. The average Bonchev–Trinajstić information content (AvgIpc) is 3.09.